The van der Waals surface area contributed by atoms with Crippen molar-refractivity contribution in [1.29, 1.82) is 0 Å². The zero-order valence-electron chi connectivity index (χ0n) is 19.8. The summed E-state index contributed by atoms with van der Waals surface area (Å²) in [6.07, 6.45) is 2.10. The number of aromatic nitrogens is 2. The van der Waals surface area contributed by atoms with Gasteiger partial charge in [-0.1, -0.05) is 25.9 Å². The molecule has 13 heteroatoms. The van der Waals surface area contributed by atoms with Gasteiger partial charge in [0, 0.05) is 19.0 Å². The summed E-state index contributed by atoms with van der Waals surface area (Å²) in [6.45, 7) is 6.57. The number of carbonyl (C=O) groups excluding carboxylic acids is 3. The average Bonchev–Trinajstić information content (AvgIpc) is 3.52. The van der Waals surface area contributed by atoms with Crippen LogP contribution in [0.25, 0.3) is 0 Å². The van der Waals surface area contributed by atoms with Gasteiger partial charge in [0.1, 0.15) is 6.04 Å². The standard InChI is InChI=1S/C21H33N5O7S/c1-4-15(17(27)20-24-18(25-33-20)14-5-6-14)22-19(28)16(12-34(30,31)11-13(2)3)23-21(29)26-7-9-32-10-8-26/h13-16H,4-12H2,1-3H3,(H,22,28)(H,23,29). The van der Waals surface area contributed by atoms with Crippen molar-refractivity contribution >= 4 is 27.6 Å². The number of morpholine rings is 1. The Bertz CT molecular complexity index is 983. The van der Waals surface area contributed by atoms with Gasteiger partial charge < -0.3 is 24.8 Å². The minimum atomic E-state index is -3.66. The number of rotatable bonds is 11. The molecule has 2 aliphatic rings. The van der Waals surface area contributed by atoms with Crippen LogP contribution in [-0.2, 0) is 19.4 Å². The van der Waals surface area contributed by atoms with Crippen LogP contribution in [-0.4, -0.2) is 91.1 Å². The summed E-state index contributed by atoms with van der Waals surface area (Å²) in [5.41, 5.74) is 0. The normalized spacial score (nSPS) is 18.4. The quantitative estimate of drug-likeness (QED) is 0.413. The minimum Gasteiger partial charge on any atom is -0.378 e. The first kappa shape index (κ1) is 26.1. The van der Waals surface area contributed by atoms with E-state index in [1.165, 1.54) is 4.90 Å². The lowest BCUT2D eigenvalue weighted by Crippen LogP contribution is -2.57. The van der Waals surface area contributed by atoms with E-state index in [1.54, 1.807) is 20.8 Å². The first-order valence-corrected chi connectivity index (χ1v) is 13.4. The summed E-state index contributed by atoms with van der Waals surface area (Å²) >= 11 is 0. The van der Waals surface area contributed by atoms with Crippen LogP contribution in [0.3, 0.4) is 0 Å². The molecular weight excluding hydrogens is 466 g/mol. The molecule has 2 N–H and O–H groups in total. The molecule has 1 aromatic rings. The Balaban J connectivity index is 1.71. The zero-order valence-corrected chi connectivity index (χ0v) is 20.6. The van der Waals surface area contributed by atoms with Crippen LogP contribution < -0.4 is 10.6 Å². The Labute approximate surface area is 199 Å². The average molecular weight is 500 g/mol. The fourth-order valence-electron chi connectivity index (χ4n) is 3.64. The molecule has 0 aromatic carbocycles. The van der Waals surface area contributed by atoms with Crippen LogP contribution >= 0.6 is 0 Å². The van der Waals surface area contributed by atoms with Crippen LogP contribution in [0, 0.1) is 5.92 Å². The summed E-state index contributed by atoms with van der Waals surface area (Å²) in [6, 6.07) is -2.94. The highest BCUT2D eigenvalue weighted by molar-refractivity contribution is 7.91. The number of nitrogens with one attached hydrogen (secondary N) is 2. The third-order valence-electron chi connectivity index (χ3n) is 5.56. The van der Waals surface area contributed by atoms with Gasteiger partial charge in [-0.3, -0.25) is 9.59 Å². The highest BCUT2D eigenvalue weighted by atomic mass is 32.2. The van der Waals surface area contributed by atoms with Crippen LogP contribution in [0.2, 0.25) is 0 Å². The van der Waals surface area contributed by atoms with E-state index in [0.717, 1.165) is 12.8 Å². The maximum absolute atomic E-state index is 13.1. The maximum atomic E-state index is 13.1. The van der Waals surface area contributed by atoms with Gasteiger partial charge >= 0.3 is 6.03 Å². The summed E-state index contributed by atoms with van der Waals surface area (Å²) in [7, 11) is -3.66. The highest BCUT2D eigenvalue weighted by Gasteiger charge is 2.35. The lowest BCUT2D eigenvalue weighted by atomic mass is 10.1. The van der Waals surface area contributed by atoms with Crippen molar-refractivity contribution in [3.05, 3.63) is 11.7 Å². The van der Waals surface area contributed by atoms with Crippen molar-refractivity contribution in [2.75, 3.05) is 37.8 Å². The van der Waals surface area contributed by atoms with E-state index in [4.69, 9.17) is 9.26 Å². The van der Waals surface area contributed by atoms with E-state index in [1.807, 2.05) is 0 Å². The largest absolute Gasteiger partial charge is 0.378 e. The van der Waals surface area contributed by atoms with Crippen LogP contribution in [0.1, 0.15) is 62.5 Å². The summed E-state index contributed by atoms with van der Waals surface area (Å²) in [5.74, 6) is -1.71. The molecule has 0 radical (unpaired) electrons. The third-order valence-corrected chi connectivity index (χ3v) is 7.57. The molecule has 2 heterocycles. The summed E-state index contributed by atoms with van der Waals surface area (Å²) in [5, 5.41) is 8.92. The lowest BCUT2D eigenvalue weighted by Gasteiger charge is -2.29. The maximum Gasteiger partial charge on any atom is 0.318 e. The number of ketones is 1. The zero-order chi connectivity index (χ0) is 24.9. The van der Waals surface area contributed by atoms with E-state index >= 15 is 0 Å². The number of ether oxygens (including phenoxy) is 1. The molecule has 1 aliphatic heterocycles. The van der Waals surface area contributed by atoms with Gasteiger partial charge in [-0.05, 0) is 25.2 Å². The molecule has 3 rings (SSSR count). The molecule has 1 aliphatic carbocycles. The van der Waals surface area contributed by atoms with Crippen molar-refractivity contribution in [1.82, 2.24) is 25.7 Å². The molecular formula is C21H33N5O7S. The predicted octanol–water partition coefficient (Wildman–Crippen LogP) is 0.506. The van der Waals surface area contributed by atoms with E-state index in [2.05, 4.69) is 20.8 Å². The number of amides is 3. The monoisotopic (exact) mass is 499 g/mol. The Morgan fingerprint density at radius 3 is 2.35 bits per heavy atom. The number of sulfone groups is 1. The van der Waals surface area contributed by atoms with Crippen molar-refractivity contribution in [2.24, 2.45) is 5.92 Å². The molecule has 2 fully saturated rings. The SMILES string of the molecule is CCC(NC(=O)C(CS(=O)(=O)CC(C)C)NC(=O)N1CCOCC1)C(=O)c1nc(C2CC2)no1. The van der Waals surface area contributed by atoms with Crippen molar-refractivity contribution in [3.63, 3.8) is 0 Å². The molecule has 2 atom stereocenters. The molecule has 3 amide bonds. The smallest absolute Gasteiger partial charge is 0.318 e. The molecule has 1 aromatic heterocycles. The number of nitrogens with zero attached hydrogens (tertiary/aromatic N) is 3. The second kappa shape index (κ2) is 11.3. The van der Waals surface area contributed by atoms with Crippen molar-refractivity contribution in [3.8, 4) is 0 Å². The molecule has 12 nitrogen and oxygen atoms in total. The number of hydrogen-bond acceptors (Lipinski definition) is 9. The Morgan fingerprint density at radius 2 is 1.76 bits per heavy atom. The Morgan fingerprint density at radius 1 is 1.09 bits per heavy atom. The van der Waals surface area contributed by atoms with Crippen LogP contribution in [0.5, 0.6) is 0 Å². The number of Topliss-reactive ketones (excluding diaryl/α,β-unsaturated/α-hetero) is 1. The summed E-state index contributed by atoms with van der Waals surface area (Å²) in [4.78, 5) is 44.2. The van der Waals surface area contributed by atoms with Gasteiger partial charge in [0.15, 0.2) is 15.7 Å². The third kappa shape index (κ3) is 7.23. The van der Waals surface area contributed by atoms with Gasteiger partial charge in [0.05, 0.1) is 30.8 Å². The van der Waals surface area contributed by atoms with E-state index < -0.39 is 45.4 Å². The van der Waals surface area contributed by atoms with E-state index in [-0.39, 0.29) is 29.9 Å². The van der Waals surface area contributed by atoms with Gasteiger partial charge in [0.2, 0.25) is 11.7 Å². The second-order valence-corrected chi connectivity index (χ2v) is 11.3. The number of hydrogen-bond donors (Lipinski definition) is 2. The molecule has 190 valence electrons. The van der Waals surface area contributed by atoms with Crippen LogP contribution in [0.4, 0.5) is 4.79 Å². The predicted molar refractivity (Wildman–Crippen MR) is 121 cm³/mol. The first-order chi connectivity index (χ1) is 16.1. The van der Waals surface area contributed by atoms with Crippen molar-refractivity contribution in [2.45, 2.75) is 58.0 Å². The first-order valence-electron chi connectivity index (χ1n) is 11.6. The van der Waals surface area contributed by atoms with Crippen molar-refractivity contribution < 1.29 is 32.1 Å². The topological polar surface area (TPSA) is 161 Å². The summed E-state index contributed by atoms with van der Waals surface area (Å²) < 4.78 is 35.6. The highest BCUT2D eigenvalue weighted by Crippen LogP contribution is 2.38. The molecule has 1 saturated carbocycles. The van der Waals surface area contributed by atoms with Gasteiger partial charge in [-0.2, -0.15) is 4.98 Å². The van der Waals surface area contributed by atoms with E-state index in [9.17, 15) is 22.8 Å². The molecule has 0 spiro atoms. The molecule has 2 unspecified atom stereocenters. The van der Waals surface area contributed by atoms with Gasteiger partial charge in [0.25, 0.3) is 5.89 Å². The lowest BCUT2D eigenvalue weighted by molar-refractivity contribution is -0.123. The Kier molecular flexibility index (Phi) is 8.63. The minimum absolute atomic E-state index is 0.133. The number of urea groups is 1. The van der Waals surface area contributed by atoms with Crippen LogP contribution in [0.15, 0.2) is 4.52 Å². The second-order valence-electron chi connectivity index (χ2n) is 9.14. The molecule has 0 bridgehead atoms. The molecule has 34 heavy (non-hydrogen) atoms. The fourth-order valence-corrected chi connectivity index (χ4v) is 5.53. The van der Waals surface area contributed by atoms with E-state index in [0.29, 0.717) is 32.1 Å². The molecule has 1 saturated heterocycles. The van der Waals surface area contributed by atoms with Gasteiger partial charge in [-0.25, -0.2) is 13.2 Å². The Hall–Kier alpha value is -2.54. The van der Waals surface area contributed by atoms with Gasteiger partial charge in [-0.15, -0.1) is 0 Å². The fraction of sp³-hybridized carbons (Fsp3) is 0.762. The number of carbonyl (C=O) groups is 3.